The smallest absolute Gasteiger partial charge is 0.306 e. The van der Waals surface area contributed by atoms with E-state index in [1.165, 1.54) is 135 Å². The average molecular weight is 1030 g/mol. The third kappa shape index (κ3) is 59.0. The Hall–Kier alpha value is -3.93. The number of hydrogen-bond donors (Lipinski definition) is 0. The molecule has 1 unspecified atom stereocenters. The van der Waals surface area contributed by atoms with Gasteiger partial charge in [-0.15, -0.1) is 0 Å². The van der Waals surface area contributed by atoms with Gasteiger partial charge in [-0.2, -0.15) is 0 Å². The van der Waals surface area contributed by atoms with Gasteiger partial charge in [0.15, 0.2) is 6.10 Å². The van der Waals surface area contributed by atoms with Gasteiger partial charge >= 0.3 is 17.9 Å². The summed E-state index contributed by atoms with van der Waals surface area (Å²) < 4.78 is 16.9. The van der Waals surface area contributed by atoms with E-state index >= 15 is 0 Å². The number of hydrogen-bond acceptors (Lipinski definition) is 6. The number of allylic oxidation sites excluding steroid dienone is 18. The van der Waals surface area contributed by atoms with Crippen LogP contribution in [0.1, 0.15) is 284 Å². The van der Waals surface area contributed by atoms with Crippen LogP contribution in [0.5, 0.6) is 0 Å². The SMILES string of the molecule is CC/C=C\C/C=C\C/C=C\C/C=C\C/C=C\C/C=C\CCCCC(=O)OCC(COC(=O)CCCCCCCCC/C=C\CCCCCCCC)OC(=O)CCCCCCCCC/C=C\C/C=C\CCCCCC. The van der Waals surface area contributed by atoms with Crippen LogP contribution in [-0.4, -0.2) is 37.2 Å². The zero-order chi connectivity index (χ0) is 53.6. The first-order valence-corrected chi connectivity index (χ1v) is 30.9. The van der Waals surface area contributed by atoms with Crippen molar-refractivity contribution in [2.45, 2.75) is 290 Å². The number of carbonyl (C=O) groups is 3. The first-order valence-electron chi connectivity index (χ1n) is 30.9. The quantitative estimate of drug-likeness (QED) is 0.0261. The molecule has 0 saturated heterocycles. The minimum absolute atomic E-state index is 0.0983. The van der Waals surface area contributed by atoms with Gasteiger partial charge in [-0.1, -0.05) is 246 Å². The molecule has 0 spiro atoms. The first kappa shape index (κ1) is 70.1. The molecule has 1 atom stereocenters. The van der Waals surface area contributed by atoms with E-state index < -0.39 is 6.10 Å². The lowest BCUT2D eigenvalue weighted by molar-refractivity contribution is -0.167. The van der Waals surface area contributed by atoms with E-state index in [0.29, 0.717) is 19.3 Å². The second kappa shape index (κ2) is 61.6. The fourth-order valence-corrected chi connectivity index (χ4v) is 8.35. The minimum atomic E-state index is -0.805. The summed E-state index contributed by atoms with van der Waals surface area (Å²) in [5, 5.41) is 0. The third-order valence-corrected chi connectivity index (χ3v) is 13.0. The molecule has 6 nitrogen and oxygen atoms in total. The van der Waals surface area contributed by atoms with Crippen molar-refractivity contribution in [1.82, 2.24) is 0 Å². The summed E-state index contributed by atoms with van der Waals surface area (Å²) >= 11 is 0. The highest BCUT2D eigenvalue weighted by atomic mass is 16.6. The van der Waals surface area contributed by atoms with Gasteiger partial charge in [0, 0.05) is 19.3 Å². The second-order valence-electron chi connectivity index (χ2n) is 20.2. The number of ether oxygens (including phenoxy) is 3. The maximum Gasteiger partial charge on any atom is 0.306 e. The monoisotopic (exact) mass is 1030 g/mol. The maximum absolute atomic E-state index is 12.9. The van der Waals surface area contributed by atoms with Crippen LogP contribution in [0, 0.1) is 0 Å². The van der Waals surface area contributed by atoms with E-state index in [2.05, 4.69) is 130 Å². The summed E-state index contributed by atoms with van der Waals surface area (Å²) in [5.74, 6) is -0.950. The van der Waals surface area contributed by atoms with Crippen LogP contribution >= 0.6 is 0 Å². The van der Waals surface area contributed by atoms with Gasteiger partial charge in [0.25, 0.3) is 0 Å². The van der Waals surface area contributed by atoms with Crippen LogP contribution in [0.25, 0.3) is 0 Å². The molecule has 0 aliphatic carbocycles. The van der Waals surface area contributed by atoms with Crippen LogP contribution in [0.3, 0.4) is 0 Å². The summed E-state index contributed by atoms with van der Waals surface area (Å²) in [7, 11) is 0. The molecular formula is C68H114O6. The highest BCUT2D eigenvalue weighted by molar-refractivity contribution is 5.71. The lowest BCUT2D eigenvalue weighted by Gasteiger charge is -2.18. The highest BCUT2D eigenvalue weighted by Gasteiger charge is 2.19. The molecule has 422 valence electrons. The average Bonchev–Trinajstić information content (AvgIpc) is 3.40. The standard InChI is InChI=1S/C68H114O6/c1-4-7-10-13-16-19-22-25-28-31-33-34-35-38-40-43-46-49-52-55-58-61-67(70)73-64-65(63-72-66(69)60-57-54-51-48-45-42-39-36-30-27-24-21-18-15-12-9-6-3)74-68(71)62-59-56-53-50-47-44-41-37-32-29-26-23-20-17-14-11-8-5-2/h7,10,16,19-20,23,25,27-30,32-34,38,40,46,49,65H,4-6,8-9,11-15,17-18,21-22,24,26,31,35-37,39,41-45,47-48,50-64H2,1-3H3/b10-7-,19-16-,23-20-,28-25-,30-27-,32-29-,34-33-,40-38-,49-46-. The largest absolute Gasteiger partial charge is 0.462 e. The Morgan fingerprint density at radius 3 is 0.878 bits per heavy atom. The molecule has 0 aromatic rings. The lowest BCUT2D eigenvalue weighted by atomic mass is 10.1. The van der Waals surface area contributed by atoms with Gasteiger partial charge in [0.05, 0.1) is 0 Å². The molecule has 0 heterocycles. The number of unbranched alkanes of at least 4 members (excludes halogenated alkanes) is 26. The van der Waals surface area contributed by atoms with Crippen LogP contribution < -0.4 is 0 Å². The molecule has 0 fully saturated rings. The Morgan fingerprint density at radius 2 is 0.527 bits per heavy atom. The van der Waals surface area contributed by atoms with Crippen LogP contribution in [0.2, 0.25) is 0 Å². The van der Waals surface area contributed by atoms with E-state index in [1.54, 1.807) is 0 Å². The Bertz CT molecular complexity index is 1510. The molecule has 0 saturated carbocycles. The predicted molar refractivity (Wildman–Crippen MR) is 320 cm³/mol. The fraction of sp³-hybridized carbons (Fsp3) is 0.691. The molecule has 0 aliphatic heterocycles. The highest BCUT2D eigenvalue weighted by Crippen LogP contribution is 2.15. The zero-order valence-electron chi connectivity index (χ0n) is 48.3. The number of carbonyl (C=O) groups excluding carboxylic acids is 3. The summed E-state index contributed by atoms with van der Waals surface area (Å²) in [5.41, 5.74) is 0. The van der Waals surface area contributed by atoms with E-state index in [9.17, 15) is 14.4 Å². The minimum Gasteiger partial charge on any atom is -0.462 e. The first-order chi connectivity index (χ1) is 36.5. The van der Waals surface area contributed by atoms with E-state index in [0.717, 1.165) is 109 Å². The molecular weight excluding hydrogens is 913 g/mol. The van der Waals surface area contributed by atoms with Crippen LogP contribution in [0.15, 0.2) is 109 Å². The Kier molecular flexibility index (Phi) is 58.3. The lowest BCUT2D eigenvalue weighted by Crippen LogP contribution is -2.30. The van der Waals surface area contributed by atoms with Gasteiger partial charge in [0.1, 0.15) is 13.2 Å². The molecule has 0 amide bonds. The zero-order valence-corrected chi connectivity index (χ0v) is 48.3. The van der Waals surface area contributed by atoms with Gasteiger partial charge in [0.2, 0.25) is 0 Å². The molecule has 0 rings (SSSR count). The van der Waals surface area contributed by atoms with Gasteiger partial charge < -0.3 is 14.2 Å². The van der Waals surface area contributed by atoms with Crippen molar-refractivity contribution in [3.8, 4) is 0 Å². The van der Waals surface area contributed by atoms with Crippen molar-refractivity contribution in [1.29, 1.82) is 0 Å². The third-order valence-electron chi connectivity index (χ3n) is 13.0. The number of esters is 3. The molecule has 0 radical (unpaired) electrons. The van der Waals surface area contributed by atoms with Gasteiger partial charge in [-0.25, -0.2) is 0 Å². The molecule has 0 aromatic heterocycles. The van der Waals surface area contributed by atoms with Crippen molar-refractivity contribution in [3.63, 3.8) is 0 Å². The Morgan fingerprint density at radius 1 is 0.284 bits per heavy atom. The summed E-state index contributed by atoms with van der Waals surface area (Å²) in [6.07, 6.45) is 83.7. The van der Waals surface area contributed by atoms with Crippen molar-refractivity contribution < 1.29 is 28.6 Å². The fourth-order valence-electron chi connectivity index (χ4n) is 8.35. The number of rotatable bonds is 55. The summed E-state index contributed by atoms with van der Waals surface area (Å²) in [6.45, 7) is 6.47. The predicted octanol–water partition coefficient (Wildman–Crippen LogP) is 21.0. The molecule has 0 aromatic carbocycles. The molecule has 0 N–H and O–H groups in total. The van der Waals surface area contributed by atoms with Crippen molar-refractivity contribution in [2.75, 3.05) is 13.2 Å². The Labute approximate surface area is 457 Å². The van der Waals surface area contributed by atoms with E-state index in [4.69, 9.17) is 14.2 Å². The topological polar surface area (TPSA) is 78.9 Å². The summed E-state index contributed by atoms with van der Waals surface area (Å²) in [6, 6.07) is 0. The molecule has 0 aliphatic rings. The van der Waals surface area contributed by atoms with E-state index in [-0.39, 0.29) is 31.1 Å². The van der Waals surface area contributed by atoms with Crippen molar-refractivity contribution in [2.24, 2.45) is 0 Å². The summed E-state index contributed by atoms with van der Waals surface area (Å²) in [4.78, 5) is 38.3. The van der Waals surface area contributed by atoms with Crippen LogP contribution in [-0.2, 0) is 28.6 Å². The van der Waals surface area contributed by atoms with Crippen molar-refractivity contribution >= 4 is 17.9 Å². The van der Waals surface area contributed by atoms with Crippen molar-refractivity contribution in [3.05, 3.63) is 109 Å². The van der Waals surface area contributed by atoms with Crippen LogP contribution in [0.4, 0.5) is 0 Å². The van der Waals surface area contributed by atoms with Gasteiger partial charge in [-0.3, -0.25) is 14.4 Å². The van der Waals surface area contributed by atoms with Gasteiger partial charge in [-0.05, 0) is 128 Å². The molecule has 0 bridgehead atoms. The molecule has 74 heavy (non-hydrogen) atoms. The Balaban J connectivity index is 4.49. The molecule has 6 heteroatoms. The normalized spacial score (nSPS) is 12.9. The second-order valence-corrected chi connectivity index (χ2v) is 20.2. The van der Waals surface area contributed by atoms with E-state index in [1.807, 2.05) is 0 Å². The maximum atomic E-state index is 12.9.